The van der Waals surface area contributed by atoms with E-state index in [-0.39, 0.29) is 0 Å². The van der Waals surface area contributed by atoms with Crippen LogP contribution in [0.2, 0.25) is 0 Å². The molecule has 0 aliphatic carbocycles. The van der Waals surface area contributed by atoms with Gasteiger partial charge in [0.25, 0.3) is 0 Å². The van der Waals surface area contributed by atoms with Crippen LogP contribution in [0.3, 0.4) is 0 Å². The van der Waals surface area contributed by atoms with E-state index in [1.165, 1.54) is 12.8 Å². The number of nitrogens with two attached hydrogens (primary N) is 1. The molecule has 0 bridgehead atoms. The number of hydrogen-bond donors (Lipinski definition) is 1. The highest BCUT2D eigenvalue weighted by Crippen LogP contribution is 2.28. The predicted octanol–water partition coefficient (Wildman–Crippen LogP) is 2.72. The van der Waals surface area contributed by atoms with E-state index in [0.29, 0.717) is 6.54 Å². The first-order valence-corrected chi connectivity index (χ1v) is 5.81. The van der Waals surface area contributed by atoms with Crippen molar-refractivity contribution in [2.45, 2.75) is 32.7 Å². The fourth-order valence-corrected chi connectivity index (χ4v) is 1.50. The highest BCUT2D eigenvalue weighted by Gasteiger charge is 2.04. The molecule has 1 aromatic carbocycles. The summed E-state index contributed by atoms with van der Waals surface area (Å²) in [5.41, 5.74) is 6.65. The van der Waals surface area contributed by atoms with Crippen molar-refractivity contribution in [1.82, 2.24) is 0 Å². The van der Waals surface area contributed by atoms with Gasteiger partial charge in [-0.25, -0.2) is 0 Å². The van der Waals surface area contributed by atoms with Crippen molar-refractivity contribution in [3.8, 4) is 11.5 Å². The Bertz CT molecular complexity index is 313. The van der Waals surface area contributed by atoms with Crippen molar-refractivity contribution in [3.05, 3.63) is 23.8 Å². The van der Waals surface area contributed by atoms with Crippen LogP contribution in [0.5, 0.6) is 11.5 Å². The van der Waals surface area contributed by atoms with Crippen LogP contribution in [0.4, 0.5) is 0 Å². The minimum absolute atomic E-state index is 0.523. The van der Waals surface area contributed by atoms with E-state index >= 15 is 0 Å². The smallest absolute Gasteiger partial charge is 0.161 e. The molecule has 3 heteroatoms. The highest BCUT2D eigenvalue weighted by molar-refractivity contribution is 5.42. The average molecular weight is 223 g/mol. The van der Waals surface area contributed by atoms with E-state index < -0.39 is 0 Å². The molecule has 0 aliphatic rings. The molecule has 1 rings (SSSR count). The molecule has 16 heavy (non-hydrogen) atoms. The Kier molecular flexibility index (Phi) is 5.72. The number of unbranched alkanes of at least 4 members (excludes halogenated alkanes) is 2. The standard InChI is InChI=1S/C13H21NO2/c1-3-4-5-8-16-13-9-11(10-14)6-7-12(13)15-2/h6-7,9H,3-5,8,10,14H2,1-2H3. The number of methoxy groups -OCH3 is 1. The minimum atomic E-state index is 0.523. The largest absolute Gasteiger partial charge is 0.493 e. The Morgan fingerprint density at radius 1 is 1.19 bits per heavy atom. The lowest BCUT2D eigenvalue weighted by Gasteiger charge is -2.11. The molecular weight excluding hydrogens is 202 g/mol. The third-order valence-corrected chi connectivity index (χ3v) is 2.47. The van der Waals surface area contributed by atoms with Crippen LogP contribution < -0.4 is 15.2 Å². The molecular formula is C13H21NO2. The van der Waals surface area contributed by atoms with Gasteiger partial charge in [-0.1, -0.05) is 25.8 Å². The first-order valence-electron chi connectivity index (χ1n) is 5.81. The highest BCUT2D eigenvalue weighted by atomic mass is 16.5. The van der Waals surface area contributed by atoms with Crippen LogP contribution in [0, 0.1) is 0 Å². The van der Waals surface area contributed by atoms with Crippen LogP contribution in [0.25, 0.3) is 0 Å². The summed E-state index contributed by atoms with van der Waals surface area (Å²) in [5, 5.41) is 0. The summed E-state index contributed by atoms with van der Waals surface area (Å²) in [6.45, 7) is 3.43. The van der Waals surface area contributed by atoms with Gasteiger partial charge in [0.05, 0.1) is 13.7 Å². The van der Waals surface area contributed by atoms with Crippen LogP contribution in [-0.4, -0.2) is 13.7 Å². The van der Waals surface area contributed by atoms with E-state index in [0.717, 1.165) is 30.1 Å². The molecule has 0 aromatic heterocycles. The van der Waals surface area contributed by atoms with Gasteiger partial charge in [-0.2, -0.15) is 0 Å². The number of benzene rings is 1. The summed E-state index contributed by atoms with van der Waals surface area (Å²) in [5.74, 6) is 1.57. The van der Waals surface area contributed by atoms with Gasteiger partial charge in [0.1, 0.15) is 0 Å². The Morgan fingerprint density at radius 3 is 2.62 bits per heavy atom. The van der Waals surface area contributed by atoms with E-state index in [4.69, 9.17) is 15.2 Å². The van der Waals surface area contributed by atoms with Gasteiger partial charge < -0.3 is 15.2 Å². The fraction of sp³-hybridized carbons (Fsp3) is 0.538. The van der Waals surface area contributed by atoms with Gasteiger partial charge in [0.2, 0.25) is 0 Å². The SMILES string of the molecule is CCCCCOc1cc(CN)ccc1OC. The van der Waals surface area contributed by atoms with Crippen molar-refractivity contribution >= 4 is 0 Å². The molecule has 0 atom stereocenters. The molecule has 0 aliphatic heterocycles. The zero-order chi connectivity index (χ0) is 11.8. The quantitative estimate of drug-likeness (QED) is 0.723. The average Bonchev–Trinajstić information content (AvgIpc) is 2.34. The minimum Gasteiger partial charge on any atom is -0.493 e. The summed E-state index contributed by atoms with van der Waals surface area (Å²) in [6.07, 6.45) is 3.47. The van der Waals surface area contributed by atoms with Crippen LogP contribution in [0.15, 0.2) is 18.2 Å². The molecule has 3 nitrogen and oxygen atoms in total. The molecule has 1 aromatic rings. The fourth-order valence-electron chi connectivity index (χ4n) is 1.50. The molecule has 0 unspecified atom stereocenters. The van der Waals surface area contributed by atoms with Crippen molar-refractivity contribution < 1.29 is 9.47 Å². The predicted molar refractivity (Wildman–Crippen MR) is 65.9 cm³/mol. The van der Waals surface area contributed by atoms with Crippen molar-refractivity contribution in [3.63, 3.8) is 0 Å². The topological polar surface area (TPSA) is 44.5 Å². The Morgan fingerprint density at radius 2 is 2.00 bits per heavy atom. The number of ether oxygens (including phenoxy) is 2. The first kappa shape index (κ1) is 12.8. The molecule has 90 valence electrons. The van der Waals surface area contributed by atoms with Gasteiger partial charge in [-0.3, -0.25) is 0 Å². The van der Waals surface area contributed by atoms with Gasteiger partial charge >= 0.3 is 0 Å². The van der Waals surface area contributed by atoms with Gasteiger partial charge in [0, 0.05) is 6.54 Å². The monoisotopic (exact) mass is 223 g/mol. The molecule has 0 saturated carbocycles. The van der Waals surface area contributed by atoms with E-state index in [1.807, 2.05) is 18.2 Å². The molecule has 0 saturated heterocycles. The second kappa shape index (κ2) is 7.12. The summed E-state index contributed by atoms with van der Waals surface area (Å²) < 4.78 is 10.9. The van der Waals surface area contributed by atoms with Gasteiger partial charge in [-0.15, -0.1) is 0 Å². The van der Waals surface area contributed by atoms with E-state index in [9.17, 15) is 0 Å². The molecule has 0 radical (unpaired) electrons. The number of rotatable bonds is 7. The van der Waals surface area contributed by atoms with Crippen molar-refractivity contribution in [2.24, 2.45) is 5.73 Å². The molecule has 0 heterocycles. The third-order valence-electron chi connectivity index (χ3n) is 2.47. The lowest BCUT2D eigenvalue weighted by molar-refractivity contribution is 0.285. The second-order valence-electron chi connectivity index (χ2n) is 3.74. The van der Waals surface area contributed by atoms with Crippen LogP contribution in [-0.2, 0) is 6.54 Å². The summed E-state index contributed by atoms with van der Waals surface area (Å²) in [7, 11) is 1.65. The molecule has 0 fully saturated rings. The normalized spacial score (nSPS) is 10.2. The van der Waals surface area contributed by atoms with Crippen LogP contribution >= 0.6 is 0 Å². The Labute approximate surface area is 97.6 Å². The summed E-state index contributed by atoms with van der Waals surface area (Å²) in [4.78, 5) is 0. The zero-order valence-corrected chi connectivity index (χ0v) is 10.2. The summed E-state index contributed by atoms with van der Waals surface area (Å²) in [6, 6.07) is 5.81. The van der Waals surface area contributed by atoms with Gasteiger partial charge in [0.15, 0.2) is 11.5 Å². The molecule has 2 N–H and O–H groups in total. The van der Waals surface area contributed by atoms with E-state index in [2.05, 4.69) is 6.92 Å². The van der Waals surface area contributed by atoms with E-state index in [1.54, 1.807) is 7.11 Å². The second-order valence-corrected chi connectivity index (χ2v) is 3.74. The lowest BCUT2D eigenvalue weighted by Crippen LogP contribution is -2.02. The molecule has 0 amide bonds. The maximum atomic E-state index is 5.69. The van der Waals surface area contributed by atoms with Gasteiger partial charge in [-0.05, 0) is 24.1 Å². The Hall–Kier alpha value is -1.22. The Balaban J connectivity index is 2.60. The zero-order valence-electron chi connectivity index (χ0n) is 10.2. The lowest BCUT2D eigenvalue weighted by atomic mass is 10.2. The summed E-state index contributed by atoms with van der Waals surface area (Å²) >= 11 is 0. The number of hydrogen-bond acceptors (Lipinski definition) is 3. The maximum absolute atomic E-state index is 5.69. The molecule has 0 spiro atoms. The van der Waals surface area contributed by atoms with Crippen molar-refractivity contribution in [2.75, 3.05) is 13.7 Å². The first-order chi connectivity index (χ1) is 7.81. The van der Waals surface area contributed by atoms with Crippen LogP contribution in [0.1, 0.15) is 31.7 Å². The maximum Gasteiger partial charge on any atom is 0.161 e. The van der Waals surface area contributed by atoms with Crippen molar-refractivity contribution in [1.29, 1.82) is 0 Å². The third kappa shape index (κ3) is 3.74.